The van der Waals surface area contributed by atoms with E-state index in [0.717, 1.165) is 11.1 Å². The quantitative estimate of drug-likeness (QED) is 0.794. The average Bonchev–Trinajstić information content (AvgIpc) is 2.26. The summed E-state index contributed by atoms with van der Waals surface area (Å²) in [6.45, 7) is 0. The Morgan fingerprint density at radius 1 is 1.06 bits per heavy atom. The Balaban J connectivity index is 2.56. The fraction of sp³-hybridized carbons (Fsp3) is 0.308. The van der Waals surface area contributed by atoms with Gasteiger partial charge in [0, 0.05) is 0 Å². The third-order valence-electron chi connectivity index (χ3n) is 2.70. The van der Waals surface area contributed by atoms with E-state index in [-0.39, 0.29) is 0 Å². The molecule has 16 heavy (non-hydrogen) atoms. The summed E-state index contributed by atoms with van der Waals surface area (Å²) in [6.07, 6.45) is 1.97. The van der Waals surface area contributed by atoms with E-state index in [1.807, 2.05) is 18.3 Å². The van der Waals surface area contributed by atoms with Gasteiger partial charge in [-0.3, -0.25) is 0 Å². The molecule has 0 aliphatic heterocycles. The van der Waals surface area contributed by atoms with Crippen molar-refractivity contribution in [3.8, 4) is 5.75 Å². The van der Waals surface area contributed by atoms with Crippen LogP contribution in [0.2, 0.25) is 14.8 Å². The number of aromatic nitrogens is 1. The summed E-state index contributed by atoms with van der Waals surface area (Å²) in [5, 5.41) is 2.41. The number of methoxy groups -OCH3 is 1. The molecule has 84 valence electrons. The summed E-state index contributed by atoms with van der Waals surface area (Å²) in [6, 6.07) is 8.39. The Labute approximate surface area is 101 Å². The standard InChI is InChI=1S/C10H8NO.3CH3.Sn/c1-12-10-3-2-8-4-5-11-7-9(8)6-10;;;;/h2-4,6-7H,1H3;3*1H3;. The predicted molar refractivity (Wildman–Crippen MR) is 71.3 cm³/mol. The molecule has 3 heteroatoms. The zero-order valence-corrected chi connectivity index (χ0v) is 13.1. The van der Waals surface area contributed by atoms with Crippen LogP contribution in [0, 0.1) is 0 Å². The van der Waals surface area contributed by atoms with E-state index < -0.39 is 18.4 Å². The first-order valence-corrected chi connectivity index (χ1v) is 15.4. The third kappa shape index (κ3) is 2.32. The predicted octanol–water partition coefficient (Wildman–Crippen LogP) is 2.79. The Morgan fingerprint density at radius 3 is 2.44 bits per heavy atom. The maximum absolute atomic E-state index is 5.21. The van der Waals surface area contributed by atoms with Crippen LogP contribution in [-0.4, -0.2) is 30.5 Å². The molecule has 0 saturated heterocycles. The maximum atomic E-state index is 5.21. The summed E-state index contributed by atoms with van der Waals surface area (Å²) in [5.41, 5.74) is 0. The van der Waals surface area contributed by atoms with Crippen molar-refractivity contribution in [1.29, 1.82) is 0 Å². The van der Waals surface area contributed by atoms with Crippen molar-refractivity contribution in [2.45, 2.75) is 14.8 Å². The minimum atomic E-state index is -2.03. The molecular formula is C13H17NOSn. The van der Waals surface area contributed by atoms with E-state index in [2.05, 4.69) is 31.9 Å². The Kier molecular flexibility index (Phi) is 3.10. The van der Waals surface area contributed by atoms with Crippen LogP contribution in [0.4, 0.5) is 0 Å². The van der Waals surface area contributed by atoms with Gasteiger partial charge in [0.25, 0.3) is 0 Å². The van der Waals surface area contributed by atoms with Crippen LogP contribution in [0.1, 0.15) is 0 Å². The van der Waals surface area contributed by atoms with Gasteiger partial charge >= 0.3 is 101 Å². The van der Waals surface area contributed by atoms with Gasteiger partial charge in [0.05, 0.1) is 0 Å². The molecule has 0 aliphatic rings. The molecule has 0 amide bonds. The van der Waals surface area contributed by atoms with Crippen molar-refractivity contribution in [3.63, 3.8) is 0 Å². The second-order valence-electron chi connectivity index (χ2n) is 5.03. The molecule has 2 rings (SSSR count). The van der Waals surface area contributed by atoms with Gasteiger partial charge in [0.1, 0.15) is 0 Å². The van der Waals surface area contributed by atoms with E-state index in [9.17, 15) is 0 Å². The molecule has 2 nitrogen and oxygen atoms in total. The van der Waals surface area contributed by atoms with E-state index in [1.54, 1.807) is 7.11 Å². The zero-order chi connectivity index (χ0) is 11.8. The van der Waals surface area contributed by atoms with Gasteiger partial charge in [0.15, 0.2) is 0 Å². The molecule has 0 N–H and O–H groups in total. The van der Waals surface area contributed by atoms with Crippen LogP contribution in [0.3, 0.4) is 0 Å². The van der Waals surface area contributed by atoms with Gasteiger partial charge < -0.3 is 0 Å². The van der Waals surface area contributed by atoms with Gasteiger partial charge in [-0.1, -0.05) is 0 Å². The molecule has 1 aromatic carbocycles. The number of benzene rings is 1. The first-order chi connectivity index (χ1) is 7.50. The summed E-state index contributed by atoms with van der Waals surface area (Å²) >= 11 is -2.03. The minimum absolute atomic E-state index is 0.890. The normalized spacial score (nSPS) is 11.8. The van der Waals surface area contributed by atoms with Crippen LogP contribution >= 0.6 is 0 Å². The topological polar surface area (TPSA) is 22.1 Å². The molecule has 0 fully saturated rings. The number of pyridine rings is 1. The van der Waals surface area contributed by atoms with E-state index >= 15 is 0 Å². The Bertz CT molecular complexity index is 517. The Morgan fingerprint density at radius 2 is 1.81 bits per heavy atom. The first-order valence-electron chi connectivity index (χ1n) is 5.45. The number of nitrogens with zero attached hydrogens (tertiary/aromatic N) is 1. The van der Waals surface area contributed by atoms with Crippen LogP contribution in [0.25, 0.3) is 10.8 Å². The van der Waals surface area contributed by atoms with Crippen LogP contribution in [0.15, 0.2) is 30.5 Å². The molecule has 1 aromatic heterocycles. The van der Waals surface area contributed by atoms with Gasteiger partial charge in [-0.25, -0.2) is 0 Å². The molecule has 2 aromatic rings. The number of rotatable bonds is 2. The fourth-order valence-corrected chi connectivity index (χ4v) is 4.63. The second-order valence-corrected chi connectivity index (χ2v) is 19.3. The van der Waals surface area contributed by atoms with Crippen molar-refractivity contribution in [2.24, 2.45) is 0 Å². The molecule has 1 heterocycles. The molecule has 0 aliphatic carbocycles. The van der Waals surface area contributed by atoms with E-state index in [4.69, 9.17) is 4.74 Å². The Hall–Kier alpha value is -0.771. The van der Waals surface area contributed by atoms with Crippen molar-refractivity contribution >= 4 is 32.9 Å². The molecular weight excluding hydrogens is 305 g/mol. The molecule has 0 saturated carbocycles. The first kappa shape index (κ1) is 11.7. The van der Waals surface area contributed by atoms with E-state index in [0.29, 0.717) is 0 Å². The SMILES string of the molecule is COc1ccc2c[c]([Sn]([CH3])([CH3])[CH3])ncc2c1. The number of fused-ring (bicyclic) bond motifs is 1. The van der Waals surface area contributed by atoms with Crippen LogP contribution in [-0.2, 0) is 0 Å². The summed E-state index contributed by atoms with van der Waals surface area (Å²) < 4.78 is 6.53. The van der Waals surface area contributed by atoms with Crippen molar-refractivity contribution in [2.75, 3.05) is 7.11 Å². The van der Waals surface area contributed by atoms with Gasteiger partial charge in [0.2, 0.25) is 0 Å². The van der Waals surface area contributed by atoms with Crippen molar-refractivity contribution < 1.29 is 4.74 Å². The third-order valence-corrected chi connectivity index (χ3v) is 7.86. The summed E-state index contributed by atoms with van der Waals surface area (Å²) in [4.78, 5) is 11.7. The monoisotopic (exact) mass is 323 g/mol. The number of ether oxygens (including phenoxy) is 1. The van der Waals surface area contributed by atoms with Gasteiger partial charge in [-0.2, -0.15) is 0 Å². The summed E-state index contributed by atoms with van der Waals surface area (Å²) in [7, 11) is 1.69. The van der Waals surface area contributed by atoms with Crippen LogP contribution < -0.4 is 8.45 Å². The summed E-state index contributed by atoms with van der Waals surface area (Å²) in [5.74, 6) is 0.890. The van der Waals surface area contributed by atoms with Gasteiger partial charge in [-0.05, 0) is 0 Å². The molecule has 0 atom stereocenters. The molecule has 0 radical (unpaired) electrons. The van der Waals surface area contributed by atoms with Crippen molar-refractivity contribution in [3.05, 3.63) is 30.5 Å². The number of hydrogen-bond donors (Lipinski definition) is 0. The zero-order valence-electron chi connectivity index (χ0n) is 10.2. The average molecular weight is 322 g/mol. The van der Waals surface area contributed by atoms with Gasteiger partial charge in [-0.15, -0.1) is 0 Å². The number of hydrogen-bond acceptors (Lipinski definition) is 2. The molecule has 0 bridgehead atoms. The molecule has 0 spiro atoms. The van der Waals surface area contributed by atoms with Crippen molar-refractivity contribution in [1.82, 2.24) is 4.98 Å². The fourth-order valence-electron chi connectivity index (χ4n) is 1.66. The van der Waals surface area contributed by atoms with Crippen LogP contribution in [0.5, 0.6) is 5.75 Å². The molecule has 0 unspecified atom stereocenters. The second kappa shape index (κ2) is 4.24. The van der Waals surface area contributed by atoms with E-state index in [1.165, 1.54) is 9.10 Å².